The maximum absolute atomic E-state index is 6.00. The maximum Gasteiger partial charge on any atom is 0.188 e. The summed E-state index contributed by atoms with van der Waals surface area (Å²) in [7, 11) is 0. The highest BCUT2D eigenvalue weighted by Gasteiger charge is 2.22. The Bertz CT molecular complexity index is 544. The third-order valence-electron chi connectivity index (χ3n) is 3.75. The van der Waals surface area contributed by atoms with Crippen molar-refractivity contribution in [3.05, 3.63) is 47.0 Å². The van der Waals surface area contributed by atoms with E-state index in [0.29, 0.717) is 19.0 Å². The average molecular weight is 465 g/mol. The molecule has 0 saturated carbocycles. The van der Waals surface area contributed by atoms with Crippen molar-refractivity contribution < 1.29 is 4.74 Å². The lowest BCUT2D eigenvalue weighted by atomic mass is 10.0. The van der Waals surface area contributed by atoms with Crippen LogP contribution in [0, 0.1) is 0 Å². The van der Waals surface area contributed by atoms with Gasteiger partial charge in [-0.3, -0.25) is 9.89 Å². The van der Waals surface area contributed by atoms with Gasteiger partial charge < -0.3 is 15.8 Å². The number of nitrogens with one attached hydrogen (secondary N) is 1. The topological polar surface area (TPSA) is 62.9 Å². The first-order valence-electron chi connectivity index (χ1n) is 7.81. The Balaban J connectivity index is 0.00000288. The molecule has 1 heterocycles. The highest BCUT2D eigenvalue weighted by molar-refractivity contribution is 14.0. The van der Waals surface area contributed by atoms with Crippen molar-refractivity contribution in [2.75, 3.05) is 39.4 Å². The Hall–Kier alpha value is -0.830. The van der Waals surface area contributed by atoms with Gasteiger partial charge in [-0.25, -0.2) is 0 Å². The Morgan fingerprint density at radius 3 is 2.58 bits per heavy atom. The lowest BCUT2D eigenvalue weighted by Gasteiger charge is -2.34. The summed E-state index contributed by atoms with van der Waals surface area (Å²) >= 11 is 6.00. The van der Waals surface area contributed by atoms with Crippen LogP contribution < -0.4 is 11.1 Å². The molecule has 0 aromatic heterocycles. The van der Waals surface area contributed by atoms with Gasteiger partial charge in [0.25, 0.3) is 0 Å². The van der Waals surface area contributed by atoms with Gasteiger partial charge >= 0.3 is 0 Å². The van der Waals surface area contributed by atoms with Gasteiger partial charge in [-0.1, -0.05) is 35.9 Å². The zero-order valence-corrected chi connectivity index (χ0v) is 17.1. The molecule has 1 aromatic rings. The van der Waals surface area contributed by atoms with Gasteiger partial charge in [0, 0.05) is 24.7 Å². The van der Waals surface area contributed by atoms with Crippen LogP contribution in [0.5, 0.6) is 0 Å². The molecule has 5 nitrogen and oxygen atoms in total. The van der Waals surface area contributed by atoms with Gasteiger partial charge in [-0.2, -0.15) is 0 Å². The van der Waals surface area contributed by atoms with E-state index in [1.165, 1.54) is 5.56 Å². The molecular weight excluding hydrogens is 439 g/mol. The molecule has 134 valence electrons. The molecule has 0 bridgehead atoms. The monoisotopic (exact) mass is 464 g/mol. The Labute approximate surface area is 166 Å². The van der Waals surface area contributed by atoms with Crippen LogP contribution in [0.15, 0.2) is 41.4 Å². The van der Waals surface area contributed by atoms with E-state index in [9.17, 15) is 0 Å². The first-order chi connectivity index (χ1) is 11.1. The second-order valence-corrected chi connectivity index (χ2v) is 6.19. The largest absolute Gasteiger partial charge is 0.379 e. The van der Waals surface area contributed by atoms with Gasteiger partial charge in [-0.05, 0) is 24.6 Å². The smallest absolute Gasteiger partial charge is 0.188 e. The summed E-state index contributed by atoms with van der Waals surface area (Å²) in [5, 5.41) is 3.80. The van der Waals surface area contributed by atoms with Gasteiger partial charge in [0.2, 0.25) is 0 Å². The van der Waals surface area contributed by atoms with Gasteiger partial charge in [0.05, 0.1) is 25.8 Å². The minimum Gasteiger partial charge on any atom is -0.379 e. The minimum absolute atomic E-state index is 0. The number of morpholine rings is 1. The zero-order chi connectivity index (χ0) is 16.7. The molecule has 0 aliphatic carbocycles. The van der Waals surface area contributed by atoms with Crippen LogP contribution in [0.4, 0.5) is 0 Å². The molecule has 1 aliphatic heterocycles. The van der Waals surface area contributed by atoms with E-state index in [2.05, 4.69) is 33.9 Å². The van der Waals surface area contributed by atoms with Gasteiger partial charge in [0.15, 0.2) is 5.96 Å². The number of guanidine groups is 1. The van der Waals surface area contributed by atoms with Crippen molar-refractivity contribution in [1.29, 1.82) is 0 Å². The summed E-state index contributed by atoms with van der Waals surface area (Å²) < 4.78 is 5.45. The van der Waals surface area contributed by atoms with E-state index in [4.69, 9.17) is 22.1 Å². The Morgan fingerprint density at radius 1 is 1.38 bits per heavy atom. The number of aliphatic imine (C=N–C) groups is 1. The van der Waals surface area contributed by atoms with E-state index in [1.807, 2.05) is 19.1 Å². The minimum atomic E-state index is 0. The van der Waals surface area contributed by atoms with Gasteiger partial charge in [-0.15, -0.1) is 24.0 Å². The zero-order valence-electron chi connectivity index (χ0n) is 14.0. The predicted octanol–water partition coefficient (Wildman–Crippen LogP) is 2.81. The SMILES string of the molecule is C=C(C)CNC(N)=NCC(c1ccc(Cl)cc1)N1CCOCC1.I. The number of rotatable bonds is 6. The maximum atomic E-state index is 6.00. The summed E-state index contributed by atoms with van der Waals surface area (Å²) in [6.07, 6.45) is 0. The summed E-state index contributed by atoms with van der Waals surface area (Å²) in [5.41, 5.74) is 8.14. The molecule has 2 rings (SSSR count). The van der Waals surface area contributed by atoms with E-state index in [1.54, 1.807) is 0 Å². The lowest BCUT2D eigenvalue weighted by Crippen LogP contribution is -2.41. The molecule has 0 amide bonds. The van der Waals surface area contributed by atoms with Crippen LogP contribution in [0.25, 0.3) is 0 Å². The normalized spacial score (nSPS) is 17.0. The molecule has 1 atom stereocenters. The van der Waals surface area contributed by atoms with Crippen molar-refractivity contribution in [2.24, 2.45) is 10.7 Å². The fourth-order valence-electron chi connectivity index (χ4n) is 2.49. The molecular formula is C17H26ClIN4O. The standard InChI is InChI=1S/C17H25ClN4O.HI/c1-13(2)11-20-17(19)21-12-16(22-7-9-23-10-8-22)14-3-5-15(18)6-4-14;/h3-6,16H,1,7-12H2,2H3,(H3,19,20,21);1H. The van der Waals surface area contributed by atoms with Crippen molar-refractivity contribution in [2.45, 2.75) is 13.0 Å². The Morgan fingerprint density at radius 2 is 2.00 bits per heavy atom. The fourth-order valence-corrected chi connectivity index (χ4v) is 2.61. The first kappa shape index (κ1) is 21.2. The highest BCUT2D eigenvalue weighted by Crippen LogP contribution is 2.23. The van der Waals surface area contributed by atoms with Crippen molar-refractivity contribution in [3.63, 3.8) is 0 Å². The molecule has 1 aromatic carbocycles. The summed E-state index contributed by atoms with van der Waals surface area (Å²) in [5.74, 6) is 0.445. The molecule has 24 heavy (non-hydrogen) atoms. The number of hydrogen-bond donors (Lipinski definition) is 2. The second kappa shape index (κ2) is 10.9. The van der Waals surface area contributed by atoms with E-state index < -0.39 is 0 Å². The lowest BCUT2D eigenvalue weighted by molar-refractivity contribution is 0.0180. The molecule has 1 aliphatic rings. The summed E-state index contributed by atoms with van der Waals surface area (Å²) in [6, 6.07) is 8.10. The van der Waals surface area contributed by atoms with Crippen LogP contribution in [0.2, 0.25) is 5.02 Å². The van der Waals surface area contributed by atoms with Crippen molar-refractivity contribution in [1.82, 2.24) is 10.2 Å². The van der Waals surface area contributed by atoms with Crippen molar-refractivity contribution in [3.8, 4) is 0 Å². The molecule has 1 saturated heterocycles. The first-order valence-corrected chi connectivity index (χ1v) is 8.19. The van der Waals surface area contributed by atoms with Crippen LogP contribution in [0.3, 0.4) is 0 Å². The molecule has 0 spiro atoms. The van der Waals surface area contributed by atoms with E-state index >= 15 is 0 Å². The quantitative estimate of drug-likeness (QED) is 0.294. The molecule has 1 unspecified atom stereocenters. The number of nitrogens with two attached hydrogens (primary N) is 1. The molecule has 0 radical (unpaired) electrons. The van der Waals surface area contributed by atoms with Crippen LogP contribution in [0.1, 0.15) is 18.5 Å². The molecule has 7 heteroatoms. The summed E-state index contributed by atoms with van der Waals surface area (Å²) in [6.45, 7) is 10.3. The third kappa shape index (κ3) is 6.96. The fraction of sp³-hybridized carbons (Fsp3) is 0.471. The third-order valence-corrected chi connectivity index (χ3v) is 4.00. The van der Waals surface area contributed by atoms with Gasteiger partial charge in [0.1, 0.15) is 0 Å². The predicted molar refractivity (Wildman–Crippen MR) is 111 cm³/mol. The van der Waals surface area contributed by atoms with Crippen molar-refractivity contribution >= 4 is 41.5 Å². The number of nitrogens with zero attached hydrogens (tertiary/aromatic N) is 2. The average Bonchev–Trinajstić information content (AvgIpc) is 2.55. The molecule has 1 fully saturated rings. The number of ether oxygens (including phenoxy) is 1. The number of halogens is 2. The molecule has 3 N–H and O–H groups in total. The number of benzene rings is 1. The highest BCUT2D eigenvalue weighted by atomic mass is 127. The second-order valence-electron chi connectivity index (χ2n) is 5.75. The van der Waals surface area contributed by atoms with E-state index in [-0.39, 0.29) is 30.0 Å². The number of hydrogen-bond acceptors (Lipinski definition) is 3. The van der Waals surface area contributed by atoms with E-state index in [0.717, 1.165) is 36.9 Å². The summed E-state index contributed by atoms with van der Waals surface area (Å²) in [4.78, 5) is 6.87. The van der Waals surface area contributed by atoms with Crippen LogP contribution in [-0.2, 0) is 4.74 Å². The van der Waals surface area contributed by atoms with Crippen LogP contribution >= 0.6 is 35.6 Å². The Kier molecular flexibility index (Phi) is 9.65. The van der Waals surface area contributed by atoms with Crippen LogP contribution in [-0.4, -0.2) is 50.3 Å².